The van der Waals surface area contributed by atoms with E-state index in [0.29, 0.717) is 26.2 Å². The second-order valence-corrected chi connectivity index (χ2v) is 5.26. The highest BCUT2D eigenvalue weighted by molar-refractivity contribution is 5.85. The normalized spacial score (nSPS) is 13.1. The molecule has 5 heteroatoms. The zero-order chi connectivity index (χ0) is 15.0. The first-order valence-electron chi connectivity index (χ1n) is 7.23. The monoisotopic (exact) mass is 314 g/mol. The molecule has 0 spiro atoms. The van der Waals surface area contributed by atoms with Crippen molar-refractivity contribution >= 4 is 18.3 Å². The summed E-state index contributed by atoms with van der Waals surface area (Å²) in [5.41, 5.74) is 7.39. The molecule has 0 aliphatic rings. The molecule has 3 N–H and O–H groups in total. The van der Waals surface area contributed by atoms with Crippen LogP contribution in [0.3, 0.4) is 0 Å². The standard InChI is InChI=1S/C16H26N2O2.ClH/c1-4-10-16(3,17)15(19)18-11-13-8-6-7-9-14(13)12-20-5-2;/h6-9H,4-5,10-12,17H2,1-3H3,(H,18,19);1H. The molecule has 0 heterocycles. The van der Waals surface area contributed by atoms with Crippen LogP contribution in [0.2, 0.25) is 0 Å². The van der Waals surface area contributed by atoms with Crippen LogP contribution in [-0.4, -0.2) is 18.1 Å². The second kappa shape index (κ2) is 9.77. The fourth-order valence-electron chi connectivity index (χ4n) is 2.09. The molecule has 4 nitrogen and oxygen atoms in total. The first kappa shape index (κ1) is 19.9. The smallest absolute Gasteiger partial charge is 0.240 e. The van der Waals surface area contributed by atoms with Gasteiger partial charge in [-0.05, 0) is 31.4 Å². The van der Waals surface area contributed by atoms with Gasteiger partial charge in [0.15, 0.2) is 0 Å². The molecule has 1 aromatic rings. The Morgan fingerprint density at radius 2 is 1.90 bits per heavy atom. The van der Waals surface area contributed by atoms with Gasteiger partial charge < -0.3 is 15.8 Å². The minimum atomic E-state index is -0.802. The van der Waals surface area contributed by atoms with Crippen molar-refractivity contribution in [3.05, 3.63) is 35.4 Å². The third kappa shape index (κ3) is 6.46. The molecule has 0 aliphatic heterocycles. The predicted octanol–water partition coefficient (Wildman–Crippen LogP) is 2.78. The summed E-state index contributed by atoms with van der Waals surface area (Å²) in [4.78, 5) is 12.1. The molecule has 21 heavy (non-hydrogen) atoms. The van der Waals surface area contributed by atoms with Crippen molar-refractivity contribution in [2.75, 3.05) is 6.61 Å². The van der Waals surface area contributed by atoms with Gasteiger partial charge in [-0.1, -0.05) is 37.6 Å². The van der Waals surface area contributed by atoms with E-state index in [4.69, 9.17) is 10.5 Å². The van der Waals surface area contributed by atoms with Gasteiger partial charge in [-0.2, -0.15) is 0 Å². The summed E-state index contributed by atoms with van der Waals surface area (Å²) < 4.78 is 5.44. The minimum Gasteiger partial charge on any atom is -0.377 e. The van der Waals surface area contributed by atoms with Crippen LogP contribution in [0.5, 0.6) is 0 Å². The molecule has 0 fully saturated rings. The molecule has 0 aromatic heterocycles. The van der Waals surface area contributed by atoms with E-state index in [-0.39, 0.29) is 18.3 Å². The fourth-order valence-corrected chi connectivity index (χ4v) is 2.09. The number of hydrogen-bond donors (Lipinski definition) is 2. The minimum absolute atomic E-state index is 0. The lowest BCUT2D eigenvalue weighted by Crippen LogP contribution is -2.51. The second-order valence-electron chi connectivity index (χ2n) is 5.26. The average molecular weight is 315 g/mol. The van der Waals surface area contributed by atoms with E-state index < -0.39 is 5.54 Å². The Morgan fingerprint density at radius 3 is 2.48 bits per heavy atom. The predicted molar refractivity (Wildman–Crippen MR) is 88.4 cm³/mol. The molecular weight excluding hydrogens is 288 g/mol. The zero-order valence-corrected chi connectivity index (χ0v) is 14.0. The van der Waals surface area contributed by atoms with Crippen molar-refractivity contribution in [1.82, 2.24) is 5.32 Å². The summed E-state index contributed by atoms with van der Waals surface area (Å²) in [5, 5.41) is 2.92. The largest absolute Gasteiger partial charge is 0.377 e. The van der Waals surface area contributed by atoms with Gasteiger partial charge in [0.05, 0.1) is 12.1 Å². The van der Waals surface area contributed by atoms with Gasteiger partial charge in [0.1, 0.15) is 0 Å². The first-order valence-corrected chi connectivity index (χ1v) is 7.23. The highest BCUT2D eigenvalue weighted by Crippen LogP contribution is 2.12. The zero-order valence-electron chi connectivity index (χ0n) is 13.1. The van der Waals surface area contributed by atoms with E-state index in [9.17, 15) is 4.79 Å². The Hall–Kier alpha value is -1.10. The van der Waals surface area contributed by atoms with E-state index >= 15 is 0 Å². The highest BCUT2D eigenvalue weighted by atomic mass is 35.5. The van der Waals surface area contributed by atoms with Crippen LogP contribution in [0.25, 0.3) is 0 Å². The lowest BCUT2D eigenvalue weighted by Gasteiger charge is -2.23. The van der Waals surface area contributed by atoms with E-state index in [1.807, 2.05) is 38.1 Å². The van der Waals surface area contributed by atoms with Gasteiger partial charge in [0, 0.05) is 13.2 Å². The van der Waals surface area contributed by atoms with Crippen LogP contribution in [0.4, 0.5) is 0 Å². The molecule has 1 rings (SSSR count). The molecule has 1 atom stereocenters. The number of halogens is 1. The third-order valence-electron chi connectivity index (χ3n) is 3.31. The topological polar surface area (TPSA) is 64.4 Å². The maximum Gasteiger partial charge on any atom is 0.240 e. The van der Waals surface area contributed by atoms with Crippen molar-refractivity contribution in [3.63, 3.8) is 0 Å². The number of benzene rings is 1. The Balaban J connectivity index is 0.00000400. The van der Waals surface area contributed by atoms with Crippen molar-refractivity contribution in [2.45, 2.75) is 52.3 Å². The van der Waals surface area contributed by atoms with Crippen molar-refractivity contribution in [2.24, 2.45) is 5.73 Å². The third-order valence-corrected chi connectivity index (χ3v) is 3.31. The number of nitrogens with one attached hydrogen (secondary N) is 1. The van der Waals surface area contributed by atoms with E-state index in [1.54, 1.807) is 6.92 Å². The molecule has 1 aromatic carbocycles. The maximum absolute atomic E-state index is 12.1. The quantitative estimate of drug-likeness (QED) is 0.775. The molecule has 1 unspecified atom stereocenters. The number of carbonyl (C=O) groups is 1. The SMILES string of the molecule is CCCC(C)(N)C(=O)NCc1ccccc1COCC.Cl. The summed E-state index contributed by atoms with van der Waals surface area (Å²) >= 11 is 0. The van der Waals surface area contributed by atoms with Gasteiger partial charge in [0.25, 0.3) is 0 Å². The Kier molecular flexibility index (Phi) is 9.26. The van der Waals surface area contributed by atoms with Gasteiger partial charge in [-0.15, -0.1) is 12.4 Å². The number of ether oxygens (including phenoxy) is 1. The van der Waals surface area contributed by atoms with Crippen molar-refractivity contribution in [1.29, 1.82) is 0 Å². The molecule has 0 aliphatic carbocycles. The molecule has 0 bridgehead atoms. The Bertz CT molecular complexity index is 436. The summed E-state index contributed by atoms with van der Waals surface area (Å²) in [5.74, 6) is -0.106. The Labute approximate surface area is 133 Å². The Morgan fingerprint density at radius 1 is 1.29 bits per heavy atom. The van der Waals surface area contributed by atoms with E-state index in [0.717, 1.165) is 17.5 Å². The summed E-state index contributed by atoms with van der Waals surface area (Å²) in [6.45, 7) is 7.50. The summed E-state index contributed by atoms with van der Waals surface area (Å²) in [6.07, 6.45) is 1.57. The number of amides is 1. The average Bonchev–Trinajstić information content (AvgIpc) is 2.43. The van der Waals surface area contributed by atoms with E-state index in [1.165, 1.54) is 0 Å². The fraction of sp³-hybridized carbons (Fsp3) is 0.562. The lowest BCUT2D eigenvalue weighted by molar-refractivity contribution is -0.126. The number of carbonyl (C=O) groups excluding carboxylic acids is 1. The van der Waals surface area contributed by atoms with Crippen LogP contribution in [0.1, 0.15) is 44.7 Å². The van der Waals surface area contributed by atoms with Gasteiger partial charge in [-0.25, -0.2) is 0 Å². The molecule has 1 amide bonds. The number of hydrogen-bond acceptors (Lipinski definition) is 3. The van der Waals surface area contributed by atoms with Crippen LogP contribution in [0, 0.1) is 0 Å². The van der Waals surface area contributed by atoms with Crippen molar-refractivity contribution < 1.29 is 9.53 Å². The molecule has 0 saturated heterocycles. The highest BCUT2D eigenvalue weighted by Gasteiger charge is 2.26. The van der Waals surface area contributed by atoms with Crippen LogP contribution < -0.4 is 11.1 Å². The van der Waals surface area contributed by atoms with Crippen LogP contribution in [-0.2, 0) is 22.7 Å². The number of rotatable bonds is 8. The van der Waals surface area contributed by atoms with Gasteiger partial charge in [0.2, 0.25) is 5.91 Å². The summed E-state index contributed by atoms with van der Waals surface area (Å²) in [6, 6.07) is 7.96. The molecule has 0 radical (unpaired) electrons. The summed E-state index contributed by atoms with van der Waals surface area (Å²) in [7, 11) is 0. The lowest BCUT2D eigenvalue weighted by atomic mass is 9.96. The molecule has 120 valence electrons. The van der Waals surface area contributed by atoms with Crippen LogP contribution >= 0.6 is 12.4 Å². The van der Waals surface area contributed by atoms with Gasteiger partial charge >= 0.3 is 0 Å². The maximum atomic E-state index is 12.1. The van der Waals surface area contributed by atoms with Gasteiger partial charge in [-0.3, -0.25) is 4.79 Å². The van der Waals surface area contributed by atoms with Crippen LogP contribution in [0.15, 0.2) is 24.3 Å². The first-order chi connectivity index (χ1) is 9.51. The molecular formula is C16H27ClN2O2. The van der Waals surface area contributed by atoms with Crippen molar-refractivity contribution in [3.8, 4) is 0 Å². The number of nitrogens with two attached hydrogens (primary N) is 1. The molecule has 0 saturated carbocycles. The van der Waals surface area contributed by atoms with E-state index in [2.05, 4.69) is 5.32 Å².